The van der Waals surface area contributed by atoms with E-state index >= 15 is 0 Å². The van der Waals surface area contributed by atoms with Crippen molar-refractivity contribution >= 4 is 5.69 Å². The molecule has 0 heterocycles. The molecule has 0 saturated carbocycles. The van der Waals surface area contributed by atoms with Crippen LogP contribution >= 0.6 is 0 Å². The second-order valence-electron chi connectivity index (χ2n) is 4.31. The van der Waals surface area contributed by atoms with E-state index in [0.717, 1.165) is 6.42 Å². The minimum absolute atomic E-state index is 0.00410. The lowest BCUT2D eigenvalue weighted by atomic mass is 9.99. The van der Waals surface area contributed by atoms with Gasteiger partial charge in [-0.15, -0.1) is 0 Å². The van der Waals surface area contributed by atoms with Crippen molar-refractivity contribution in [1.29, 1.82) is 0 Å². The molecule has 1 atom stereocenters. The molecular formula is C12H18N2O3. The molecule has 1 unspecified atom stereocenters. The molecule has 5 heteroatoms. The van der Waals surface area contributed by atoms with Gasteiger partial charge in [0.2, 0.25) is 0 Å². The molecule has 0 aliphatic heterocycles. The zero-order valence-electron chi connectivity index (χ0n) is 10.1. The van der Waals surface area contributed by atoms with Crippen LogP contribution in [0.3, 0.4) is 0 Å². The Morgan fingerprint density at radius 2 is 2.12 bits per heavy atom. The van der Waals surface area contributed by atoms with E-state index in [1.807, 2.05) is 13.8 Å². The van der Waals surface area contributed by atoms with Gasteiger partial charge in [0.05, 0.1) is 11.5 Å². The van der Waals surface area contributed by atoms with Gasteiger partial charge >= 0.3 is 0 Å². The number of benzene rings is 1. The van der Waals surface area contributed by atoms with E-state index < -0.39 is 5.54 Å². The number of nitro groups is 1. The second kappa shape index (κ2) is 5.75. The van der Waals surface area contributed by atoms with Crippen molar-refractivity contribution in [3.8, 4) is 0 Å². The third-order valence-corrected chi connectivity index (χ3v) is 3.02. The fourth-order valence-corrected chi connectivity index (χ4v) is 1.44. The Labute approximate surface area is 101 Å². The van der Waals surface area contributed by atoms with Gasteiger partial charge in [-0.05, 0) is 13.3 Å². The van der Waals surface area contributed by atoms with E-state index in [1.54, 1.807) is 18.2 Å². The van der Waals surface area contributed by atoms with Gasteiger partial charge in [-0.3, -0.25) is 10.1 Å². The summed E-state index contributed by atoms with van der Waals surface area (Å²) in [7, 11) is 0. The van der Waals surface area contributed by atoms with Gasteiger partial charge in [-0.2, -0.15) is 0 Å². The van der Waals surface area contributed by atoms with Crippen molar-refractivity contribution in [3.63, 3.8) is 0 Å². The van der Waals surface area contributed by atoms with Gasteiger partial charge in [0.1, 0.15) is 0 Å². The Kier molecular flexibility index (Phi) is 4.60. The van der Waals surface area contributed by atoms with Crippen LogP contribution in [-0.4, -0.2) is 22.2 Å². The Morgan fingerprint density at radius 1 is 1.47 bits per heavy atom. The van der Waals surface area contributed by atoms with Crippen LogP contribution in [0.25, 0.3) is 0 Å². The highest BCUT2D eigenvalue weighted by atomic mass is 16.6. The molecule has 0 aliphatic rings. The highest BCUT2D eigenvalue weighted by Gasteiger charge is 2.21. The van der Waals surface area contributed by atoms with Crippen LogP contribution in [-0.2, 0) is 6.54 Å². The summed E-state index contributed by atoms with van der Waals surface area (Å²) in [5, 5.41) is 23.2. The van der Waals surface area contributed by atoms with E-state index in [4.69, 9.17) is 0 Å². The molecule has 1 aromatic rings. The number of aliphatic hydroxyl groups excluding tert-OH is 1. The van der Waals surface area contributed by atoms with Crippen LogP contribution in [0.2, 0.25) is 0 Å². The van der Waals surface area contributed by atoms with E-state index in [2.05, 4.69) is 5.32 Å². The molecule has 17 heavy (non-hydrogen) atoms. The molecule has 2 N–H and O–H groups in total. The first-order valence-corrected chi connectivity index (χ1v) is 5.60. The summed E-state index contributed by atoms with van der Waals surface area (Å²) in [6.07, 6.45) is 0.754. The molecule has 0 aliphatic carbocycles. The zero-order valence-corrected chi connectivity index (χ0v) is 10.1. The first-order valence-electron chi connectivity index (χ1n) is 5.60. The lowest BCUT2D eigenvalue weighted by Gasteiger charge is -2.27. The quantitative estimate of drug-likeness (QED) is 0.585. The first kappa shape index (κ1) is 13.6. The minimum Gasteiger partial charge on any atom is -0.394 e. The molecule has 0 saturated heterocycles. The van der Waals surface area contributed by atoms with Crippen LogP contribution in [0.15, 0.2) is 24.3 Å². The van der Waals surface area contributed by atoms with Crippen molar-refractivity contribution in [2.75, 3.05) is 6.61 Å². The predicted molar refractivity (Wildman–Crippen MR) is 65.7 cm³/mol. The Morgan fingerprint density at radius 3 is 2.65 bits per heavy atom. The van der Waals surface area contributed by atoms with E-state index in [9.17, 15) is 15.2 Å². The summed E-state index contributed by atoms with van der Waals surface area (Å²) >= 11 is 0. The van der Waals surface area contributed by atoms with E-state index in [1.165, 1.54) is 6.07 Å². The normalized spacial score (nSPS) is 14.3. The number of rotatable bonds is 6. The number of nitrogens with one attached hydrogen (secondary N) is 1. The van der Waals surface area contributed by atoms with Crippen molar-refractivity contribution in [2.24, 2.45) is 0 Å². The minimum atomic E-state index is -0.399. The van der Waals surface area contributed by atoms with Crippen LogP contribution in [0, 0.1) is 10.1 Å². The molecule has 0 radical (unpaired) electrons. The van der Waals surface area contributed by atoms with Crippen molar-refractivity contribution in [1.82, 2.24) is 5.32 Å². The number of aliphatic hydroxyl groups is 1. The van der Waals surface area contributed by atoms with Gasteiger partial charge in [-0.25, -0.2) is 0 Å². The predicted octanol–water partition coefficient (Wildman–Crippen LogP) is 1.85. The lowest BCUT2D eigenvalue weighted by Crippen LogP contribution is -2.44. The monoisotopic (exact) mass is 238 g/mol. The van der Waals surface area contributed by atoms with Crippen LogP contribution in [0.4, 0.5) is 5.69 Å². The highest BCUT2D eigenvalue weighted by molar-refractivity contribution is 5.39. The van der Waals surface area contributed by atoms with Crippen LogP contribution in [0.5, 0.6) is 0 Å². The topological polar surface area (TPSA) is 75.4 Å². The fourth-order valence-electron chi connectivity index (χ4n) is 1.44. The van der Waals surface area contributed by atoms with Crippen LogP contribution in [0.1, 0.15) is 25.8 Å². The third-order valence-electron chi connectivity index (χ3n) is 3.02. The zero-order chi connectivity index (χ0) is 12.9. The van der Waals surface area contributed by atoms with Gasteiger partial charge < -0.3 is 10.4 Å². The summed E-state index contributed by atoms with van der Waals surface area (Å²) in [5.74, 6) is 0. The molecule has 0 fully saturated rings. The summed E-state index contributed by atoms with van der Waals surface area (Å²) < 4.78 is 0. The lowest BCUT2D eigenvalue weighted by molar-refractivity contribution is -0.385. The summed E-state index contributed by atoms with van der Waals surface area (Å²) in [6.45, 7) is 4.23. The molecule has 0 bridgehead atoms. The molecular weight excluding hydrogens is 220 g/mol. The smallest absolute Gasteiger partial charge is 0.273 e. The molecule has 94 valence electrons. The maximum atomic E-state index is 10.8. The average Bonchev–Trinajstić information content (AvgIpc) is 2.36. The highest BCUT2D eigenvalue weighted by Crippen LogP contribution is 2.18. The van der Waals surface area contributed by atoms with Crippen molar-refractivity contribution < 1.29 is 10.0 Å². The molecule has 1 aromatic carbocycles. The van der Waals surface area contributed by atoms with E-state index in [-0.39, 0.29) is 17.2 Å². The molecule has 1 rings (SSSR count). The maximum absolute atomic E-state index is 10.8. The number of nitrogens with zero attached hydrogens (tertiary/aromatic N) is 1. The fraction of sp³-hybridized carbons (Fsp3) is 0.500. The second-order valence-corrected chi connectivity index (χ2v) is 4.31. The Balaban J connectivity index is 2.79. The molecule has 0 aromatic heterocycles. The largest absolute Gasteiger partial charge is 0.394 e. The third kappa shape index (κ3) is 3.51. The summed E-state index contributed by atoms with van der Waals surface area (Å²) in [4.78, 5) is 10.4. The van der Waals surface area contributed by atoms with Crippen LogP contribution < -0.4 is 5.32 Å². The Hall–Kier alpha value is -1.46. The number of hydrogen-bond acceptors (Lipinski definition) is 4. The molecule has 0 amide bonds. The SMILES string of the molecule is CCC(C)(CO)NCc1ccccc1[N+](=O)[O-]. The average molecular weight is 238 g/mol. The number of hydrogen-bond donors (Lipinski definition) is 2. The Bertz CT molecular complexity index is 389. The molecule has 0 spiro atoms. The van der Waals surface area contributed by atoms with Gasteiger partial charge in [0.15, 0.2) is 0 Å². The van der Waals surface area contributed by atoms with Gasteiger partial charge in [-0.1, -0.05) is 25.1 Å². The number of para-hydroxylation sites is 1. The maximum Gasteiger partial charge on any atom is 0.273 e. The summed E-state index contributed by atoms with van der Waals surface area (Å²) in [5.41, 5.74) is 0.339. The molecule has 5 nitrogen and oxygen atoms in total. The van der Waals surface area contributed by atoms with Crippen molar-refractivity contribution in [2.45, 2.75) is 32.4 Å². The van der Waals surface area contributed by atoms with E-state index in [0.29, 0.717) is 12.1 Å². The summed E-state index contributed by atoms with van der Waals surface area (Å²) in [6, 6.07) is 6.62. The standard InChI is InChI=1S/C12H18N2O3/c1-3-12(2,9-15)13-8-10-6-4-5-7-11(10)14(16)17/h4-7,13,15H,3,8-9H2,1-2H3. The number of nitro benzene ring substituents is 1. The van der Waals surface area contributed by atoms with Gasteiger partial charge in [0.25, 0.3) is 5.69 Å². The van der Waals surface area contributed by atoms with Crippen molar-refractivity contribution in [3.05, 3.63) is 39.9 Å². The van der Waals surface area contributed by atoms with Gasteiger partial charge in [0, 0.05) is 23.7 Å². The first-order chi connectivity index (χ1) is 8.02.